The summed E-state index contributed by atoms with van der Waals surface area (Å²) in [7, 11) is 2.20. The molecule has 21 heavy (non-hydrogen) atoms. The van der Waals surface area contributed by atoms with Gasteiger partial charge in [0, 0.05) is 38.9 Å². The van der Waals surface area contributed by atoms with E-state index in [1.165, 1.54) is 22.4 Å². The van der Waals surface area contributed by atoms with E-state index >= 15 is 0 Å². The molecule has 4 rings (SSSR count). The van der Waals surface area contributed by atoms with E-state index in [1.807, 2.05) is 6.20 Å². The van der Waals surface area contributed by atoms with E-state index in [-0.39, 0.29) is 0 Å². The van der Waals surface area contributed by atoms with Gasteiger partial charge in [0.05, 0.1) is 5.69 Å². The number of benzene rings is 1. The van der Waals surface area contributed by atoms with E-state index in [0.29, 0.717) is 0 Å². The molecule has 0 fully saturated rings. The maximum absolute atomic E-state index is 4.55. The van der Waals surface area contributed by atoms with Gasteiger partial charge < -0.3 is 0 Å². The lowest BCUT2D eigenvalue weighted by Gasteiger charge is -2.28. The molecule has 3 nitrogen and oxygen atoms in total. The molecule has 3 heteroatoms. The minimum Gasteiger partial charge on any atom is -0.298 e. The van der Waals surface area contributed by atoms with Crippen LogP contribution >= 0.6 is 0 Å². The first kappa shape index (κ1) is 13.0. The molecular formula is C18H21N3. The van der Waals surface area contributed by atoms with Crippen LogP contribution in [0.4, 0.5) is 0 Å². The largest absolute Gasteiger partial charge is 0.298 e. The average Bonchev–Trinajstić information content (AvgIpc) is 2.89. The van der Waals surface area contributed by atoms with Crippen molar-refractivity contribution in [2.75, 3.05) is 13.6 Å². The van der Waals surface area contributed by atoms with E-state index in [4.69, 9.17) is 0 Å². The fourth-order valence-corrected chi connectivity index (χ4v) is 3.59. The first-order valence-electron chi connectivity index (χ1n) is 7.73. The van der Waals surface area contributed by atoms with Crippen LogP contribution in [0.15, 0.2) is 36.5 Å². The lowest BCUT2D eigenvalue weighted by Crippen LogP contribution is -2.31. The molecule has 0 saturated heterocycles. The molecule has 2 aromatic rings. The van der Waals surface area contributed by atoms with Crippen molar-refractivity contribution in [3.8, 4) is 0 Å². The predicted octanol–water partition coefficient (Wildman–Crippen LogP) is 2.59. The third-order valence-electron chi connectivity index (χ3n) is 4.69. The molecule has 0 unspecified atom stereocenters. The van der Waals surface area contributed by atoms with E-state index in [2.05, 4.69) is 52.2 Å². The third kappa shape index (κ3) is 2.47. The number of pyridine rings is 1. The van der Waals surface area contributed by atoms with Crippen molar-refractivity contribution in [3.05, 3.63) is 64.5 Å². The second kappa shape index (κ2) is 5.24. The van der Waals surface area contributed by atoms with Crippen LogP contribution in [-0.4, -0.2) is 28.4 Å². The van der Waals surface area contributed by atoms with Gasteiger partial charge in [-0.2, -0.15) is 0 Å². The molecular weight excluding hydrogens is 258 g/mol. The minimum absolute atomic E-state index is 0.982. The summed E-state index contributed by atoms with van der Waals surface area (Å²) >= 11 is 0. The molecule has 0 atom stereocenters. The molecule has 0 bridgehead atoms. The highest BCUT2D eigenvalue weighted by Crippen LogP contribution is 2.27. The quantitative estimate of drug-likeness (QED) is 0.842. The van der Waals surface area contributed by atoms with Gasteiger partial charge in [0.15, 0.2) is 0 Å². The Labute approximate surface area is 126 Å². The van der Waals surface area contributed by atoms with Crippen LogP contribution in [0.2, 0.25) is 0 Å². The Morgan fingerprint density at radius 3 is 2.90 bits per heavy atom. The van der Waals surface area contributed by atoms with Crippen LogP contribution in [0, 0.1) is 0 Å². The Morgan fingerprint density at radius 2 is 1.95 bits per heavy atom. The van der Waals surface area contributed by atoms with Gasteiger partial charge in [0.2, 0.25) is 0 Å². The molecule has 0 amide bonds. The molecule has 1 aromatic heterocycles. The predicted molar refractivity (Wildman–Crippen MR) is 83.7 cm³/mol. The molecule has 0 aliphatic carbocycles. The van der Waals surface area contributed by atoms with Crippen LogP contribution in [0.3, 0.4) is 0 Å². The molecule has 2 aliphatic heterocycles. The normalized spacial score (nSPS) is 18.5. The highest BCUT2D eigenvalue weighted by molar-refractivity contribution is 5.38. The number of nitrogens with zero attached hydrogens (tertiary/aromatic N) is 3. The Kier molecular flexibility index (Phi) is 3.24. The van der Waals surface area contributed by atoms with E-state index in [9.17, 15) is 0 Å². The summed E-state index contributed by atoms with van der Waals surface area (Å²) in [5.41, 5.74) is 7.23. The van der Waals surface area contributed by atoms with Gasteiger partial charge in [0.25, 0.3) is 0 Å². The molecule has 108 valence electrons. The van der Waals surface area contributed by atoms with Crippen molar-refractivity contribution in [2.45, 2.75) is 32.6 Å². The topological polar surface area (TPSA) is 19.4 Å². The smallest absolute Gasteiger partial charge is 0.0576 e. The monoisotopic (exact) mass is 279 g/mol. The van der Waals surface area contributed by atoms with Crippen LogP contribution in [0.5, 0.6) is 0 Å². The van der Waals surface area contributed by atoms with Crippen LogP contribution in [0.25, 0.3) is 0 Å². The molecule has 2 aliphatic rings. The summed E-state index contributed by atoms with van der Waals surface area (Å²) in [6.07, 6.45) is 3.04. The van der Waals surface area contributed by atoms with Gasteiger partial charge >= 0.3 is 0 Å². The summed E-state index contributed by atoms with van der Waals surface area (Å²) in [6.45, 7) is 5.35. The molecule has 1 aromatic carbocycles. The summed E-state index contributed by atoms with van der Waals surface area (Å²) < 4.78 is 0. The lowest BCUT2D eigenvalue weighted by atomic mass is 10.0. The zero-order chi connectivity index (χ0) is 14.2. The molecule has 0 N–H and O–H groups in total. The van der Waals surface area contributed by atoms with Gasteiger partial charge in [-0.3, -0.25) is 14.8 Å². The van der Waals surface area contributed by atoms with Crippen molar-refractivity contribution >= 4 is 0 Å². The second-order valence-electron chi connectivity index (χ2n) is 6.30. The van der Waals surface area contributed by atoms with Crippen molar-refractivity contribution in [1.29, 1.82) is 0 Å². The van der Waals surface area contributed by atoms with E-state index < -0.39 is 0 Å². The first-order valence-corrected chi connectivity index (χ1v) is 7.73. The van der Waals surface area contributed by atoms with Crippen LogP contribution in [0.1, 0.15) is 27.9 Å². The number of aromatic nitrogens is 1. The maximum atomic E-state index is 4.55. The zero-order valence-corrected chi connectivity index (χ0v) is 12.5. The Bertz CT molecular complexity index is 665. The number of rotatable bonds is 2. The molecule has 0 spiro atoms. The molecule has 0 radical (unpaired) electrons. The van der Waals surface area contributed by atoms with E-state index in [1.54, 1.807) is 5.56 Å². The lowest BCUT2D eigenvalue weighted by molar-refractivity contribution is 0.240. The Morgan fingerprint density at radius 1 is 1.05 bits per heavy atom. The summed E-state index contributed by atoms with van der Waals surface area (Å²) in [4.78, 5) is 9.47. The third-order valence-corrected chi connectivity index (χ3v) is 4.69. The van der Waals surface area contributed by atoms with Crippen molar-refractivity contribution in [3.63, 3.8) is 0 Å². The average molecular weight is 279 g/mol. The second-order valence-corrected chi connectivity index (χ2v) is 6.30. The van der Waals surface area contributed by atoms with Crippen LogP contribution < -0.4 is 0 Å². The van der Waals surface area contributed by atoms with Gasteiger partial charge in [-0.05, 0) is 41.8 Å². The van der Waals surface area contributed by atoms with Gasteiger partial charge in [-0.25, -0.2) is 0 Å². The Balaban J connectivity index is 1.55. The van der Waals surface area contributed by atoms with Crippen molar-refractivity contribution in [2.24, 2.45) is 0 Å². The van der Waals surface area contributed by atoms with E-state index in [0.717, 1.165) is 39.1 Å². The summed E-state index contributed by atoms with van der Waals surface area (Å²) in [5, 5.41) is 0. The highest BCUT2D eigenvalue weighted by atomic mass is 15.1. The number of fused-ring (bicyclic) bond motifs is 2. The van der Waals surface area contributed by atoms with Crippen LogP contribution in [-0.2, 0) is 32.6 Å². The van der Waals surface area contributed by atoms with Gasteiger partial charge in [-0.1, -0.05) is 24.3 Å². The fraction of sp³-hybridized carbons (Fsp3) is 0.389. The highest BCUT2D eigenvalue weighted by Gasteiger charge is 2.21. The number of hydrogen-bond acceptors (Lipinski definition) is 3. The first-order chi connectivity index (χ1) is 10.3. The SMILES string of the molecule is CN1Cc2cccc(CN3CCc4cccnc4C3)c2C1. The van der Waals surface area contributed by atoms with Gasteiger partial charge in [-0.15, -0.1) is 0 Å². The summed E-state index contributed by atoms with van der Waals surface area (Å²) in [6, 6.07) is 11.0. The molecule has 0 saturated carbocycles. The zero-order valence-electron chi connectivity index (χ0n) is 12.5. The Hall–Kier alpha value is -1.71. The molecule has 3 heterocycles. The summed E-state index contributed by atoms with van der Waals surface area (Å²) in [5.74, 6) is 0. The fourth-order valence-electron chi connectivity index (χ4n) is 3.59. The number of hydrogen-bond donors (Lipinski definition) is 0. The van der Waals surface area contributed by atoms with Crippen molar-refractivity contribution in [1.82, 2.24) is 14.8 Å². The minimum atomic E-state index is 0.982. The van der Waals surface area contributed by atoms with Gasteiger partial charge in [0.1, 0.15) is 0 Å². The van der Waals surface area contributed by atoms with Crippen molar-refractivity contribution < 1.29 is 0 Å². The standard InChI is InChI=1S/C18H21N3/c1-20-10-15-4-2-5-16(17(15)12-20)11-21-9-7-14-6-3-8-19-18(14)13-21/h2-6,8H,7,9-13H2,1H3. The maximum Gasteiger partial charge on any atom is 0.0576 e.